The Morgan fingerprint density at radius 2 is 1.59 bits per heavy atom. The molecule has 0 fully saturated rings. The summed E-state index contributed by atoms with van der Waals surface area (Å²) in [5.41, 5.74) is 9.63. The Balaban J connectivity index is 1.54. The zero-order valence-electron chi connectivity index (χ0n) is 19.8. The number of ether oxygens (including phenoxy) is 3. The Bertz CT molecular complexity index is 1190. The minimum Gasteiger partial charge on any atom is -0.486 e. The average Bonchev–Trinajstić information content (AvgIpc) is 3.34. The Morgan fingerprint density at radius 1 is 0.875 bits per heavy atom. The number of hydrogen-bond acceptors (Lipinski definition) is 4. The van der Waals surface area contributed by atoms with Gasteiger partial charge in [0, 0.05) is 17.8 Å². The van der Waals surface area contributed by atoms with Gasteiger partial charge in [0.1, 0.15) is 11.4 Å². The summed E-state index contributed by atoms with van der Waals surface area (Å²) in [6, 6.07) is 15.0. The van der Waals surface area contributed by atoms with E-state index in [0.717, 1.165) is 29.4 Å². The monoisotopic (exact) mass is 429 g/mol. The fraction of sp³-hybridized carbons (Fsp3) is 0.357. The molecule has 0 spiro atoms. The number of aryl methyl sites for hydroxylation is 1. The van der Waals surface area contributed by atoms with Crippen molar-refractivity contribution in [3.05, 3.63) is 81.4 Å². The van der Waals surface area contributed by atoms with Crippen LogP contribution in [0.2, 0.25) is 0 Å². The molecule has 3 aromatic rings. The molecule has 0 saturated carbocycles. The van der Waals surface area contributed by atoms with Crippen molar-refractivity contribution in [1.82, 2.24) is 0 Å². The highest BCUT2D eigenvalue weighted by Gasteiger charge is 2.44. The zero-order valence-corrected chi connectivity index (χ0v) is 19.8. The molecule has 0 radical (unpaired) electrons. The second-order valence-electron chi connectivity index (χ2n) is 9.58. The number of anilines is 1. The quantitative estimate of drug-likeness (QED) is 0.509. The first-order chi connectivity index (χ1) is 15.3. The second-order valence-corrected chi connectivity index (χ2v) is 9.58. The molecule has 2 heterocycles. The van der Waals surface area contributed by atoms with Crippen molar-refractivity contribution in [2.75, 3.05) is 12.1 Å². The molecule has 5 rings (SSSR count). The smallest absolute Gasteiger partial charge is 0.231 e. The third-order valence-electron chi connectivity index (χ3n) is 6.97. The van der Waals surface area contributed by atoms with E-state index in [4.69, 9.17) is 14.2 Å². The standard InChI is InChI=1S/C28H31NO3/c1-16-7-10-21(11-8-16)25-24-19(4)26(17(2)18(3)27(24)32-28(25,5)6)29-14-20-9-12-22-23(13-20)31-15-30-22/h7-13,25,29H,14-15H2,1-6H3. The lowest BCUT2D eigenvalue weighted by atomic mass is 9.78. The van der Waals surface area contributed by atoms with Gasteiger partial charge in [0.2, 0.25) is 6.79 Å². The van der Waals surface area contributed by atoms with Crippen LogP contribution in [0.3, 0.4) is 0 Å². The molecule has 2 aliphatic rings. The Hall–Kier alpha value is -3.14. The van der Waals surface area contributed by atoms with Crippen LogP contribution in [0, 0.1) is 27.7 Å². The molecule has 4 heteroatoms. The van der Waals surface area contributed by atoms with Crippen LogP contribution < -0.4 is 19.5 Å². The first-order valence-electron chi connectivity index (χ1n) is 11.3. The normalized spacial score (nSPS) is 17.8. The molecule has 4 nitrogen and oxygen atoms in total. The summed E-state index contributed by atoms with van der Waals surface area (Å²) in [4.78, 5) is 0. The number of benzene rings is 3. The van der Waals surface area contributed by atoms with Crippen LogP contribution in [0.1, 0.15) is 58.7 Å². The van der Waals surface area contributed by atoms with Crippen LogP contribution in [-0.4, -0.2) is 12.4 Å². The molecule has 1 unspecified atom stereocenters. The Morgan fingerprint density at radius 3 is 2.34 bits per heavy atom. The molecule has 1 N–H and O–H groups in total. The largest absolute Gasteiger partial charge is 0.486 e. The molecule has 2 aliphatic heterocycles. The fourth-order valence-corrected chi connectivity index (χ4v) is 5.13. The van der Waals surface area contributed by atoms with Gasteiger partial charge in [-0.25, -0.2) is 0 Å². The highest BCUT2D eigenvalue weighted by molar-refractivity contribution is 5.71. The lowest BCUT2D eigenvalue weighted by molar-refractivity contribution is 0.121. The van der Waals surface area contributed by atoms with Gasteiger partial charge >= 0.3 is 0 Å². The van der Waals surface area contributed by atoms with Crippen molar-refractivity contribution >= 4 is 5.69 Å². The minimum absolute atomic E-state index is 0.184. The molecule has 0 aromatic heterocycles. The molecule has 0 bridgehead atoms. The van der Waals surface area contributed by atoms with E-state index < -0.39 is 0 Å². The van der Waals surface area contributed by atoms with E-state index in [-0.39, 0.29) is 11.5 Å². The lowest BCUT2D eigenvalue weighted by Crippen LogP contribution is -2.31. The molecule has 3 aromatic carbocycles. The van der Waals surface area contributed by atoms with Gasteiger partial charge < -0.3 is 19.5 Å². The maximum Gasteiger partial charge on any atom is 0.231 e. The van der Waals surface area contributed by atoms with Gasteiger partial charge in [0.25, 0.3) is 0 Å². The molecule has 166 valence electrons. The van der Waals surface area contributed by atoms with Crippen LogP contribution in [0.25, 0.3) is 0 Å². The van der Waals surface area contributed by atoms with E-state index >= 15 is 0 Å². The highest BCUT2D eigenvalue weighted by Crippen LogP contribution is 2.53. The molecular weight excluding hydrogens is 398 g/mol. The third kappa shape index (κ3) is 3.29. The summed E-state index contributed by atoms with van der Waals surface area (Å²) in [6.45, 7) is 14.1. The average molecular weight is 430 g/mol. The fourth-order valence-electron chi connectivity index (χ4n) is 5.13. The summed E-state index contributed by atoms with van der Waals surface area (Å²) in [5, 5.41) is 3.72. The first-order valence-corrected chi connectivity index (χ1v) is 11.3. The van der Waals surface area contributed by atoms with Crippen molar-refractivity contribution in [2.45, 2.75) is 59.6 Å². The molecule has 0 saturated heterocycles. The summed E-state index contributed by atoms with van der Waals surface area (Å²) in [7, 11) is 0. The summed E-state index contributed by atoms with van der Waals surface area (Å²) in [6.07, 6.45) is 0. The Labute approximate surface area is 190 Å². The SMILES string of the molecule is Cc1ccc(C2c3c(C)c(NCc4ccc5c(c4)OCO5)c(C)c(C)c3OC2(C)C)cc1. The number of nitrogens with one attached hydrogen (secondary N) is 1. The van der Waals surface area contributed by atoms with Gasteiger partial charge in [-0.05, 0) is 81.5 Å². The molecule has 32 heavy (non-hydrogen) atoms. The third-order valence-corrected chi connectivity index (χ3v) is 6.97. The van der Waals surface area contributed by atoms with Crippen LogP contribution >= 0.6 is 0 Å². The summed E-state index contributed by atoms with van der Waals surface area (Å²) >= 11 is 0. The van der Waals surface area contributed by atoms with Crippen LogP contribution in [0.5, 0.6) is 17.2 Å². The molecule has 0 aliphatic carbocycles. The van der Waals surface area contributed by atoms with Crippen molar-refractivity contribution in [1.29, 1.82) is 0 Å². The van der Waals surface area contributed by atoms with Crippen molar-refractivity contribution in [2.24, 2.45) is 0 Å². The van der Waals surface area contributed by atoms with E-state index in [2.05, 4.69) is 83.3 Å². The van der Waals surface area contributed by atoms with Gasteiger partial charge in [-0.3, -0.25) is 0 Å². The van der Waals surface area contributed by atoms with E-state index in [1.807, 2.05) is 6.07 Å². The van der Waals surface area contributed by atoms with Crippen molar-refractivity contribution in [3.8, 4) is 17.2 Å². The second kappa shape index (κ2) is 7.47. The van der Waals surface area contributed by atoms with Crippen molar-refractivity contribution in [3.63, 3.8) is 0 Å². The van der Waals surface area contributed by atoms with Gasteiger partial charge in [-0.15, -0.1) is 0 Å². The maximum atomic E-state index is 6.59. The van der Waals surface area contributed by atoms with Crippen LogP contribution in [-0.2, 0) is 6.54 Å². The number of fused-ring (bicyclic) bond motifs is 2. The predicted octanol–water partition coefficient (Wildman–Crippen LogP) is 6.56. The Kier molecular flexibility index (Phi) is 4.85. The first kappa shape index (κ1) is 20.7. The van der Waals surface area contributed by atoms with Gasteiger partial charge in [0.15, 0.2) is 11.5 Å². The zero-order chi connectivity index (χ0) is 22.6. The summed E-state index contributed by atoms with van der Waals surface area (Å²) < 4.78 is 17.6. The summed E-state index contributed by atoms with van der Waals surface area (Å²) in [5.74, 6) is 2.86. The highest BCUT2D eigenvalue weighted by atomic mass is 16.7. The lowest BCUT2D eigenvalue weighted by Gasteiger charge is -2.27. The number of hydrogen-bond donors (Lipinski definition) is 1. The number of rotatable bonds is 4. The van der Waals surface area contributed by atoms with Crippen molar-refractivity contribution < 1.29 is 14.2 Å². The maximum absolute atomic E-state index is 6.59. The molecule has 0 amide bonds. The van der Waals surface area contributed by atoms with Gasteiger partial charge in [-0.1, -0.05) is 35.9 Å². The van der Waals surface area contributed by atoms with Gasteiger partial charge in [0.05, 0.1) is 5.92 Å². The van der Waals surface area contributed by atoms with Crippen LogP contribution in [0.4, 0.5) is 5.69 Å². The van der Waals surface area contributed by atoms with E-state index in [9.17, 15) is 0 Å². The van der Waals surface area contributed by atoms with E-state index in [0.29, 0.717) is 6.79 Å². The van der Waals surface area contributed by atoms with Crippen LogP contribution in [0.15, 0.2) is 42.5 Å². The minimum atomic E-state index is -0.310. The van der Waals surface area contributed by atoms with E-state index in [1.54, 1.807) is 0 Å². The van der Waals surface area contributed by atoms with Gasteiger partial charge in [-0.2, -0.15) is 0 Å². The van der Waals surface area contributed by atoms with E-state index in [1.165, 1.54) is 39.1 Å². The topological polar surface area (TPSA) is 39.7 Å². The predicted molar refractivity (Wildman–Crippen MR) is 128 cm³/mol. The molecular formula is C28H31NO3. The molecule has 1 atom stereocenters.